The molecule has 7 nitrogen and oxygen atoms in total. The molecule has 2 aliphatic heterocycles. The number of allylic oxidation sites excluding steroid dienone is 1. The van der Waals surface area contributed by atoms with Gasteiger partial charge in [0.2, 0.25) is 0 Å². The summed E-state index contributed by atoms with van der Waals surface area (Å²) in [4.78, 5) is 37.0. The lowest BCUT2D eigenvalue weighted by Gasteiger charge is -2.29. The largest absolute Gasteiger partial charge is 0.458 e. The molecule has 0 radical (unpaired) electrons. The van der Waals surface area contributed by atoms with Gasteiger partial charge in [-0.2, -0.15) is 0 Å². The summed E-state index contributed by atoms with van der Waals surface area (Å²) in [7, 11) is 0. The Kier molecular flexibility index (Phi) is 6.28. The number of ether oxygens (including phenoxy) is 4. The van der Waals surface area contributed by atoms with E-state index in [0.717, 1.165) is 5.57 Å². The second-order valence-corrected chi connectivity index (χ2v) is 8.78. The normalized spacial score (nSPS) is 35.2. The lowest BCUT2D eigenvalue weighted by molar-refractivity contribution is -0.149. The van der Waals surface area contributed by atoms with E-state index in [1.54, 1.807) is 32.9 Å². The monoisotopic (exact) mass is 430 g/mol. The Balaban J connectivity index is 1.98. The topological polar surface area (TPSA) is 91.4 Å². The molecule has 2 saturated heterocycles. The molecule has 6 unspecified atom stereocenters. The Morgan fingerprint density at radius 2 is 1.94 bits per heavy atom. The Labute approximate surface area is 182 Å². The fourth-order valence-electron chi connectivity index (χ4n) is 4.06. The van der Waals surface area contributed by atoms with Crippen molar-refractivity contribution in [3.8, 4) is 0 Å². The summed E-state index contributed by atoms with van der Waals surface area (Å²) < 4.78 is 23.0. The second kappa shape index (κ2) is 8.46. The third-order valence-electron chi connectivity index (χ3n) is 6.28. The molecule has 0 saturated carbocycles. The predicted molar refractivity (Wildman–Crippen MR) is 113 cm³/mol. The molecule has 3 rings (SSSR count). The number of fused-ring (bicyclic) bond motifs is 2. The molecule has 0 amide bonds. The molecular formula is C24H30O7. The molecule has 2 heterocycles. The highest BCUT2D eigenvalue weighted by Gasteiger charge is 2.58. The summed E-state index contributed by atoms with van der Waals surface area (Å²) in [5, 5.41) is 0. The van der Waals surface area contributed by atoms with Crippen molar-refractivity contribution in [2.75, 3.05) is 0 Å². The van der Waals surface area contributed by atoms with Gasteiger partial charge in [0.1, 0.15) is 18.3 Å². The molecule has 1 aliphatic carbocycles. The maximum Gasteiger partial charge on any atom is 0.334 e. The van der Waals surface area contributed by atoms with Crippen molar-refractivity contribution in [2.45, 2.75) is 77.5 Å². The quantitative estimate of drug-likeness (QED) is 0.222. The Hall–Kier alpha value is -2.67. The van der Waals surface area contributed by atoms with Gasteiger partial charge in [-0.3, -0.25) is 0 Å². The Morgan fingerprint density at radius 1 is 1.26 bits per heavy atom. The summed E-state index contributed by atoms with van der Waals surface area (Å²) >= 11 is 0. The van der Waals surface area contributed by atoms with Crippen molar-refractivity contribution >= 4 is 17.9 Å². The molecule has 31 heavy (non-hydrogen) atoms. The number of carbonyl (C=O) groups is 3. The summed E-state index contributed by atoms with van der Waals surface area (Å²) in [6.07, 6.45) is 2.16. The van der Waals surface area contributed by atoms with Gasteiger partial charge in [-0.1, -0.05) is 19.2 Å². The Morgan fingerprint density at radius 3 is 2.55 bits per heavy atom. The molecular weight excluding hydrogens is 400 g/mol. The van der Waals surface area contributed by atoms with Crippen LogP contribution in [0.15, 0.2) is 47.6 Å². The highest BCUT2D eigenvalue weighted by atomic mass is 16.6. The van der Waals surface area contributed by atoms with Crippen LogP contribution >= 0.6 is 0 Å². The number of esters is 3. The van der Waals surface area contributed by atoms with Gasteiger partial charge >= 0.3 is 17.9 Å². The van der Waals surface area contributed by atoms with Crippen molar-refractivity contribution in [3.63, 3.8) is 0 Å². The van der Waals surface area contributed by atoms with Crippen LogP contribution in [0.1, 0.15) is 47.5 Å². The summed E-state index contributed by atoms with van der Waals surface area (Å²) in [6.45, 7) is 16.3. The van der Waals surface area contributed by atoms with Crippen molar-refractivity contribution < 1.29 is 33.3 Å². The van der Waals surface area contributed by atoms with Crippen molar-refractivity contribution in [1.82, 2.24) is 0 Å². The molecule has 0 aromatic rings. The van der Waals surface area contributed by atoms with Gasteiger partial charge in [-0.05, 0) is 46.3 Å². The fourth-order valence-corrected chi connectivity index (χ4v) is 4.06. The van der Waals surface area contributed by atoms with Gasteiger partial charge < -0.3 is 18.9 Å². The SMILES string of the molecule is C=C(C)C(=O)OC1CC2OC2(C)CC(OC(=O)C(C)=CC)C2C(=C)C(=O)OC2C=C1C. The summed E-state index contributed by atoms with van der Waals surface area (Å²) in [5.74, 6) is -2.04. The zero-order valence-corrected chi connectivity index (χ0v) is 18.7. The van der Waals surface area contributed by atoms with E-state index in [-0.39, 0.29) is 11.7 Å². The molecule has 7 heteroatoms. The molecule has 0 spiro atoms. The molecule has 0 aromatic heterocycles. The van der Waals surface area contributed by atoms with Crippen molar-refractivity contribution in [3.05, 3.63) is 47.6 Å². The minimum absolute atomic E-state index is 0.189. The molecule has 0 N–H and O–H groups in total. The molecule has 6 atom stereocenters. The van der Waals surface area contributed by atoms with Crippen molar-refractivity contribution in [1.29, 1.82) is 0 Å². The minimum atomic E-state index is -0.686. The lowest BCUT2D eigenvalue weighted by Crippen LogP contribution is -2.38. The van der Waals surface area contributed by atoms with Crippen LogP contribution in [0.4, 0.5) is 0 Å². The molecule has 2 fully saturated rings. The third kappa shape index (κ3) is 4.66. The highest BCUT2D eigenvalue weighted by molar-refractivity contribution is 5.92. The first-order valence-corrected chi connectivity index (χ1v) is 10.4. The summed E-state index contributed by atoms with van der Waals surface area (Å²) in [5.41, 5.74) is 1.16. The number of hydrogen-bond donors (Lipinski definition) is 0. The summed E-state index contributed by atoms with van der Waals surface area (Å²) in [6, 6.07) is 0. The first kappa shape index (κ1) is 23.0. The van der Waals surface area contributed by atoms with E-state index >= 15 is 0 Å². The van der Waals surface area contributed by atoms with Crippen LogP contribution in [0.3, 0.4) is 0 Å². The molecule has 3 aliphatic rings. The smallest absolute Gasteiger partial charge is 0.334 e. The molecule has 0 bridgehead atoms. The van der Waals surface area contributed by atoms with Crippen LogP contribution in [0.5, 0.6) is 0 Å². The van der Waals surface area contributed by atoms with Crippen LogP contribution in [0.2, 0.25) is 0 Å². The zero-order chi connectivity index (χ0) is 23.1. The van der Waals surface area contributed by atoms with E-state index in [2.05, 4.69) is 13.2 Å². The average Bonchev–Trinajstić information content (AvgIpc) is 3.24. The minimum Gasteiger partial charge on any atom is -0.458 e. The van der Waals surface area contributed by atoms with Crippen LogP contribution in [-0.2, 0) is 33.3 Å². The van der Waals surface area contributed by atoms with Crippen LogP contribution < -0.4 is 0 Å². The van der Waals surface area contributed by atoms with Crippen LogP contribution in [-0.4, -0.2) is 47.9 Å². The Bertz CT molecular complexity index is 896. The van der Waals surface area contributed by atoms with Gasteiger partial charge in [-0.15, -0.1) is 0 Å². The number of hydrogen-bond acceptors (Lipinski definition) is 7. The highest BCUT2D eigenvalue weighted by Crippen LogP contribution is 2.48. The number of carbonyl (C=O) groups excluding carboxylic acids is 3. The van der Waals surface area contributed by atoms with E-state index < -0.39 is 47.7 Å². The molecule has 0 aromatic carbocycles. The van der Waals surface area contributed by atoms with E-state index in [1.807, 2.05) is 13.8 Å². The van der Waals surface area contributed by atoms with E-state index in [9.17, 15) is 14.4 Å². The maximum absolute atomic E-state index is 12.5. The van der Waals surface area contributed by atoms with E-state index in [4.69, 9.17) is 18.9 Å². The van der Waals surface area contributed by atoms with Crippen LogP contribution in [0, 0.1) is 5.92 Å². The first-order chi connectivity index (χ1) is 14.5. The standard InChI is InChI=1S/C24H30O7/c1-8-13(4)22(26)30-18-11-24(7)19(31-24)10-16(28-21(25)12(2)3)14(5)9-17-20(18)15(6)23(27)29-17/h8-9,16-20H,2,6,10-11H2,1,3-5,7H3. The van der Waals surface area contributed by atoms with Gasteiger partial charge in [-0.25, -0.2) is 14.4 Å². The third-order valence-corrected chi connectivity index (χ3v) is 6.28. The lowest BCUT2D eigenvalue weighted by atomic mass is 9.82. The maximum atomic E-state index is 12.5. The zero-order valence-electron chi connectivity index (χ0n) is 18.7. The van der Waals surface area contributed by atoms with Gasteiger partial charge in [0.05, 0.1) is 17.6 Å². The predicted octanol–water partition coefficient (Wildman–Crippen LogP) is 3.35. The second-order valence-electron chi connectivity index (χ2n) is 8.78. The molecule has 168 valence electrons. The van der Waals surface area contributed by atoms with E-state index in [0.29, 0.717) is 24.0 Å². The van der Waals surface area contributed by atoms with E-state index in [1.165, 1.54) is 0 Å². The van der Waals surface area contributed by atoms with Gasteiger partial charge in [0.15, 0.2) is 0 Å². The van der Waals surface area contributed by atoms with Crippen LogP contribution in [0.25, 0.3) is 0 Å². The average molecular weight is 430 g/mol. The number of rotatable bonds is 4. The van der Waals surface area contributed by atoms with Crippen molar-refractivity contribution in [2.24, 2.45) is 5.92 Å². The fraction of sp³-hybridized carbons (Fsp3) is 0.542. The number of epoxide rings is 1. The van der Waals surface area contributed by atoms with Gasteiger partial charge in [0, 0.05) is 29.6 Å². The van der Waals surface area contributed by atoms with Gasteiger partial charge in [0.25, 0.3) is 0 Å². The first-order valence-electron chi connectivity index (χ1n) is 10.4.